The molecule has 0 bridgehead atoms. The van der Waals surface area contributed by atoms with Gasteiger partial charge in [-0.3, -0.25) is 14.9 Å². The van der Waals surface area contributed by atoms with Gasteiger partial charge in [-0.2, -0.15) is 0 Å². The number of rotatable bonds is 7. The van der Waals surface area contributed by atoms with Crippen LogP contribution in [0.4, 0.5) is 11.4 Å². The van der Waals surface area contributed by atoms with Crippen molar-refractivity contribution in [2.45, 2.75) is 24.8 Å². The normalized spacial score (nSPS) is 16.9. The molecule has 0 radical (unpaired) electrons. The Hall–Kier alpha value is -2.63. The van der Waals surface area contributed by atoms with Gasteiger partial charge in [0.25, 0.3) is 5.91 Å². The predicted octanol–water partition coefficient (Wildman–Crippen LogP) is 3.38. The van der Waals surface area contributed by atoms with E-state index >= 15 is 0 Å². The molecule has 176 valence electrons. The van der Waals surface area contributed by atoms with Gasteiger partial charge in [-0.1, -0.05) is 22.0 Å². The van der Waals surface area contributed by atoms with Gasteiger partial charge in [-0.05, 0) is 38.1 Å². The Morgan fingerprint density at radius 2 is 2.00 bits per heavy atom. The van der Waals surface area contributed by atoms with Crippen LogP contribution in [-0.4, -0.2) is 64.3 Å². The molecule has 9 nitrogen and oxygen atoms in total. The molecule has 0 saturated carbocycles. The fraction of sp³-hybridized carbons (Fsp3) is 0.364. The highest BCUT2D eigenvalue weighted by molar-refractivity contribution is 9.10. The maximum absolute atomic E-state index is 13.1. The van der Waals surface area contributed by atoms with Crippen molar-refractivity contribution in [2.24, 2.45) is 0 Å². The van der Waals surface area contributed by atoms with Crippen molar-refractivity contribution in [3.05, 3.63) is 62.6 Å². The summed E-state index contributed by atoms with van der Waals surface area (Å²) in [6, 6.07) is 11.8. The van der Waals surface area contributed by atoms with Crippen molar-refractivity contribution in [2.75, 3.05) is 36.9 Å². The third kappa shape index (κ3) is 6.04. The highest BCUT2D eigenvalue weighted by Gasteiger charge is 2.32. The van der Waals surface area contributed by atoms with Crippen molar-refractivity contribution >= 4 is 50.4 Å². The third-order valence-electron chi connectivity index (χ3n) is 5.26. The summed E-state index contributed by atoms with van der Waals surface area (Å²) in [4.78, 5) is 39.4. The van der Waals surface area contributed by atoms with Crippen LogP contribution in [0.15, 0.2) is 51.8 Å². The van der Waals surface area contributed by atoms with Crippen LogP contribution in [0.25, 0.3) is 0 Å². The Kier molecular flexibility index (Phi) is 8.33. The number of piperazine rings is 1. The Bertz CT molecular complexity index is 1050. The zero-order chi connectivity index (χ0) is 24.1. The molecule has 0 aliphatic carbocycles. The van der Waals surface area contributed by atoms with E-state index in [1.165, 1.54) is 12.1 Å². The zero-order valence-corrected chi connectivity index (χ0v) is 20.6. The summed E-state index contributed by atoms with van der Waals surface area (Å²) in [6.07, 6.45) is 0. The van der Waals surface area contributed by atoms with E-state index in [2.05, 4.69) is 20.8 Å². The summed E-state index contributed by atoms with van der Waals surface area (Å²) in [5.41, 5.74) is 0.735. The number of hydrogen-bond donors (Lipinski definition) is 0. The number of nitro groups is 1. The van der Waals surface area contributed by atoms with Crippen molar-refractivity contribution in [3.8, 4) is 0 Å². The molecule has 1 fully saturated rings. The van der Waals surface area contributed by atoms with Gasteiger partial charge in [-0.25, -0.2) is 4.79 Å². The molecule has 0 aromatic heterocycles. The molecule has 1 heterocycles. The number of amides is 1. The lowest BCUT2D eigenvalue weighted by Crippen LogP contribution is -2.53. The first-order valence-corrected chi connectivity index (χ1v) is 12.5. The standard InChI is InChI=1S/C22H24BrN3O6S/c1-3-32-21(27)14-33(31)20-8-7-16(11-19(20)26(29)30)22(28)24-9-10-25(15(2)13-24)18-6-4-5-17(23)12-18/h4-8,11-12,15H,3,9-10,13-14H2,1-2H3. The van der Waals surface area contributed by atoms with Gasteiger partial charge < -0.3 is 19.1 Å². The fourth-order valence-electron chi connectivity index (χ4n) is 3.74. The number of halogens is 1. The maximum Gasteiger partial charge on any atom is 0.356 e. The number of carbonyl (C=O) groups is 2. The molecule has 2 aromatic carbocycles. The highest BCUT2D eigenvalue weighted by atomic mass is 79.9. The Labute approximate surface area is 203 Å². The molecule has 0 N–H and O–H groups in total. The first-order valence-electron chi connectivity index (χ1n) is 10.3. The second-order valence-corrected chi connectivity index (χ2v) is 9.84. The Balaban J connectivity index is 1.75. The van der Waals surface area contributed by atoms with Crippen LogP contribution in [0.2, 0.25) is 0 Å². The van der Waals surface area contributed by atoms with Gasteiger partial charge in [-0.15, -0.1) is 0 Å². The minimum absolute atomic E-state index is 0.0448. The Morgan fingerprint density at radius 1 is 1.24 bits per heavy atom. The Morgan fingerprint density at radius 3 is 2.64 bits per heavy atom. The number of anilines is 1. The van der Waals surface area contributed by atoms with E-state index in [-0.39, 0.29) is 29.0 Å². The summed E-state index contributed by atoms with van der Waals surface area (Å²) in [7, 11) is 0. The van der Waals surface area contributed by atoms with E-state index in [0.717, 1.165) is 16.2 Å². The van der Waals surface area contributed by atoms with Gasteiger partial charge >= 0.3 is 11.7 Å². The van der Waals surface area contributed by atoms with Crippen LogP contribution >= 0.6 is 15.9 Å². The van der Waals surface area contributed by atoms with Gasteiger partial charge in [0.2, 0.25) is 10.6 Å². The van der Waals surface area contributed by atoms with Gasteiger partial charge in [0.1, 0.15) is 0 Å². The summed E-state index contributed by atoms with van der Waals surface area (Å²) < 4.78 is 18.2. The smallest absolute Gasteiger partial charge is 0.356 e. The highest BCUT2D eigenvalue weighted by Crippen LogP contribution is 2.28. The topological polar surface area (TPSA) is 116 Å². The lowest BCUT2D eigenvalue weighted by Gasteiger charge is -2.41. The molecule has 1 saturated heterocycles. The van der Waals surface area contributed by atoms with Crippen LogP contribution in [0.5, 0.6) is 0 Å². The molecule has 2 unspecified atom stereocenters. The third-order valence-corrected chi connectivity index (χ3v) is 7.08. The first-order chi connectivity index (χ1) is 15.7. The second-order valence-electron chi connectivity index (χ2n) is 7.51. The SMILES string of the molecule is CCOC(=O)C[S+]([O-])c1ccc(C(=O)N2CCN(c3cccc(Br)c3)C(C)C2)cc1[N+](=O)[O-]. The molecule has 33 heavy (non-hydrogen) atoms. The minimum Gasteiger partial charge on any atom is -0.611 e. The van der Waals surface area contributed by atoms with Gasteiger partial charge in [0, 0.05) is 64.7 Å². The molecule has 3 rings (SSSR count). The second kappa shape index (κ2) is 11.0. The van der Waals surface area contributed by atoms with Gasteiger partial charge in [0.15, 0.2) is 0 Å². The summed E-state index contributed by atoms with van der Waals surface area (Å²) in [5.74, 6) is -1.53. The number of ether oxygens (including phenoxy) is 1. The molecule has 2 atom stereocenters. The van der Waals surface area contributed by atoms with E-state index in [4.69, 9.17) is 4.74 Å². The quantitative estimate of drug-likeness (QED) is 0.230. The maximum atomic E-state index is 13.1. The number of nitrogens with zero attached hydrogens (tertiary/aromatic N) is 3. The molecule has 1 aliphatic heterocycles. The molecule has 1 aliphatic rings. The molecule has 0 spiro atoms. The number of nitro benzene ring substituents is 1. The van der Waals surface area contributed by atoms with E-state index < -0.39 is 33.5 Å². The van der Waals surface area contributed by atoms with E-state index in [9.17, 15) is 24.3 Å². The van der Waals surface area contributed by atoms with Crippen molar-refractivity contribution < 1.29 is 23.8 Å². The van der Waals surface area contributed by atoms with Crippen molar-refractivity contribution in [3.63, 3.8) is 0 Å². The van der Waals surface area contributed by atoms with Crippen LogP contribution < -0.4 is 4.90 Å². The van der Waals surface area contributed by atoms with Crippen molar-refractivity contribution in [1.82, 2.24) is 4.90 Å². The lowest BCUT2D eigenvalue weighted by atomic mass is 10.1. The number of benzene rings is 2. The molecule has 2 aromatic rings. The van der Waals surface area contributed by atoms with E-state index in [1.807, 2.05) is 31.2 Å². The van der Waals surface area contributed by atoms with Gasteiger partial charge in [0.05, 0.1) is 11.5 Å². The van der Waals surface area contributed by atoms with Crippen molar-refractivity contribution in [1.29, 1.82) is 0 Å². The van der Waals surface area contributed by atoms with Crippen LogP contribution in [0, 0.1) is 10.1 Å². The molecule has 1 amide bonds. The summed E-state index contributed by atoms with van der Waals surface area (Å²) in [5, 5.41) is 11.6. The lowest BCUT2D eigenvalue weighted by molar-refractivity contribution is -0.387. The number of hydrogen-bond acceptors (Lipinski definition) is 7. The zero-order valence-electron chi connectivity index (χ0n) is 18.2. The molecular weight excluding hydrogens is 514 g/mol. The average Bonchev–Trinajstić information content (AvgIpc) is 2.78. The minimum atomic E-state index is -1.96. The number of esters is 1. The molecular formula is C22H24BrN3O6S. The first kappa shape index (κ1) is 25.0. The van der Waals surface area contributed by atoms with Crippen LogP contribution in [-0.2, 0) is 20.7 Å². The predicted molar refractivity (Wildman–Crippen MR) is 128 cm³/mol. The fourth-order valence-corrected chi connectivity index (χ4v) is 5.16. The number of carbonyl (C=O) groups excluding carboxylic acids is 2. The van der Waals surface area contributed by atoms with Crippen LogP contribution in [0.3, 0.4) is 0 Å². The van der Waals surface area contributed by atoms with Crippen LogP contribution in [0.1, 0.15) is 24.2 Å². The monoisotopic (exact) mass is 537 g/mol. The van der Waals surface area contributed by atoms with E-state index in [1.54, 1.807) is 11.8 Å². The largest absolute Gasteiger partial charge is 0.611 e. The average molecular weight is 538 g/mol. The summed E-state index contributed by atoms with van der Waals surface area (Å²) >= 11 is 1.52. The molecule has 11 heteroatoms. The van der Waals surface area contributed by atoms with E-state index in [0.29, 0.717) is 19.6 Å². The summed E-state index contributed by atoms with van der Waals surface area (Å²) in [6.45, 7) is 5.29.